The van der Waals surface area contributed by atoms with E-state index in [1.54, 1.807) is 0 Å². The molecular weight excluding hydrogens is 303 g/mol. The van der Waals surface area contributed by atoms with E-state index in [0.29, 0.717) is 21.7 Å². The second kappa shape index (κ2) is 5.67. The van der Waals surface area contributed by atoms with E-state index in [0.717, 1.165) is 41.6 Å². The Morgan fingerprint density at radius 1 is 1.24 bits per heavy atom. The van der Waals surface area contributed by atoms with Gasteiger partial charge in [0.2, 0.25) is 0 Å². The van der Waals surface area contributed by atoms with Crippen molar-refractivity contribution in [2.75, 3.05) is 0 Å². The van der Waals surface area contributed by atoms with E-state index in [1.165, 1.54) is 0 Å². The zero-order chi connectivity index (χ0) is 15.0. The van der Waals surface area contributed by atoms with Crippen molar-refractivity contribution >= 4 is 23.2 Å². The first-order valence-corrected chi connectivity index (χ1v) is 7.73. The minimum absolute atomic E-state index is 0.302. The average molecular weight is 317 g/mol. The van der Waals surface area contributed by atoms with E-state index >= 15 is 0 Å². The molecule has 1 aromatic carbocycles. The van der Waals surface area contributed by atoms with Gasteiger partial charge in [0.25, 0.3) is 0 Å². The molecule has 0 N–H and O–H groups in total. The molecule has 0 aliphatic heterocycles. The molecule has 3 rings (SSSR count). The van der Waals surface area contributed by atoms with Gasteiger partial charge in [-0.15, -0.1) is 0 Å². The Labute approximate surface area is 134 Å². The molecule has 1 aliphatic rings. The molecule has 0 radical (unpaired) electrons. The van der Waals surface area contributed by atoms with Gasteiger partial charge in [-0.05, 0) is 48.4 Å². The Kier molecular flexibility index (Phi) is 3.89. The van der Waals surface area contributed by atoms with Gasteiger partial charge in [0.05, 0.1) is 5.56 Å². The van der Waals surface area contributed by atoms with Gasteiger partial charge in [-0.3, -0.25) is 0 Å². The molecule has 0 fully saturated rings. The van der Waals surface area contributed by atoms with Gasteiger partial charge >= 0.3 is 0 Å². The fourth-order valence-electron chi connectivity index (χ4n) is 2.94. The number of aryl methyl sites for hydroxylation is 1. The summed E-state index contributed by atoms with van der Waals surface area (Å²) in [5.74, 6) is 0.595. The zero-order valence-corrected chi connectivity index (χ0v) is 13.2. The quantitative estimate of drug-likeness (QED) is 0.690. The van der Waals surface area contributed by atoms with Crippen molar-refractivity contribution in [2.45, 2.75) is 26.2 Å². The predicted molar refractivity (Wildman–Crippen MR) is 85.6 cm³/mol. The summed E-state index contributed by atoms with van der Waals surface area (Å²) >= 11 is 12.2. The molecule has 0 amide bonds. The van der Waals surface area contributed by atoms with E-state index in [2.05, 4.69) is 18.0 Å². The maximum absolute atomic E-state index is 9.48. The van der Waals surface area contributed by atoms with Gasteiger partial charge < -0.3 is 0 Å². The van der Waals surface area contributed by atoms with Crippen LogP contribution in [0.15, 0.2) is 24.3 Å². The van der Waals surface area contributed by atoms with E-state index < -0.39 is 0 Å². The van der Waals surface area contributed by atoms with Crippen molar-refractivity contribution in [1.29, 1.82) is 5.26 Å². The number of halogens is 2. The van der Waals surface area contributed by atoms with Crippen LogP contribution in [0.5, 0.6) is 0 Å². The van der Waals surface area contributed by atoms with Crippen LogP contribution < -0.4 is 0 Å². The molecule has 1 atom stereocenters. The number of benzene rings is 1. The van der Waals surface area contributed by atoms with Crippen LogP contribution >= 0.6 is 23.2 Å². The summed E-state index contributed by atoms with van der Waals surface area (Å²) in [6, 6.07) is 9.77. The highest BCUT2D eigenvalue weighted by Crippen LogP contribution is 2.38. The highest BCUT2D eigenvalue weighted by Gasteiger charge is 2.24. The number of pyridine rings is 1. The summed E-state index contributed by atoms with van der Waals surface area (Å²) < 4.78 is 0. The van der Waals surface area contributed by atoms with Crippen molar-refractivity contribution in [2.24, 2.45) is 5.92 Å². The monoisotopic (exact) mass is 316 g/mol. The minimum Gasteiger partial charge on any atom is -0.239 e. The fraction of sp³-hybridized carbons (Fsp3) is 0.294. The highest BCUT2D eigenvalue weighted by molar-refractivity contribution is 6.31. The SMILES string of the molecule is CC1CCc2nc(Cl)c(C#N)c(-c3ccc(Cl)cc3)c2C1. The van der Waals surface area contributed by atoms with Crippen LogP contribution in [0, 0.1) is 17.2 Å². The van der Waals surface area contributed by atoms with E-state index in [-0.39, 0.29) is 0 Å². The fourth-order valence-corrected chi connectivity index (χ4v) is 3.30. The summed E-state index contributed by atoms with van der Waals surface area (Å²) in [5.41, 5.74) is 4.56. The number of hydrogen-bond acceptors (Lipinski definition) is 2. The highest BCUT2D eigenvalue weighted by atomic mass is 35.5. The van der Waals surface area contributed by atoms with Crippen LogP contribution in [-0.4, -0.2) is 4.98 Å². The number of fused-ring (bicyclic) bond motifs is 1. The number of hydrogen-bond donors (Lipinski definition) is 0. The number of aromatic nitrogens is 1. The zero-order valence-electron chi connectivity index (χ0n) is 11.7. The van der Waals surface area contributed by atoms with Gasteiger partial charge in [-0.2, -0.15) is 5.26 Å². The lowest BCUT2D eigenvalue weighted by Gasteiger charge is -2.24. The lowest BCUT2D eigenvalue weighted by atomic mass is 9.82. The third-order valence-electron chi connectivity index (χ3n) is 4.01. The van der Waals surface area contributed by atoms with Crippen molar-refractivity contribution in [3.8, 4) is 17.2 Å². The third kappa shape index (κ3) is 2.64. The molecule has 1 heterocycles. The summed E-state index contributed by atoms with van der Waals surface area (Å²) in [7, 11) is 0. The van der Waals surface area contributed by atoms with Gasteiger partial charge in [0.15, 0.2) is 0 Å². The van der Waals surface area contributed by atoms with Crippen LogP contribution in [0.2, 0.25) is 10.2 Å². The molecule has 0 saturated heterocycles. The number of rotatable bonds is 1. The first-order valence-electron chi connectivity index (χ1n) is 6.97. The molecule has 1 unspecified atom stereocenters. The minimum atomic E-state index is 0.302. The normalized spacial score (nSPS) is 17.1. The van der Waals surface area contributed by atoms with Crippen molar-refractivity contribution in [3.05, 3.63) is 51.3 Å². The van der Waals surface area contributed by atoms with E-state index in [9.17, 15) is 5.26 Å². The molecular formula is C17H14Cl2N2. The van der Waals surface area contributed by atoms with Crippen LogP contribution in [-0.2, 0) is 12.8 Å². The van der Waals surface area contributed by atoms with E-state index in [1.807, 2.05) is 24.3 Å². The first kappa shape index (κ1) is 14.4. The lowest BCUT2D eigenvalue weighted by Crippen LogP contribution is -2.15. The Bertz CT molecular complexity index is 730. The Morgan fingerprint density at radius 2 is 1.95 bits per heavy atom. The summed E-state index contributed by atoms with van der Waals surface area (Å²) in [5, 5.41) is 10.5. The van der Waals surface area contributed by atoms with Crippen molar-refractivity contribution in [3.63, 3.8) is 0 Å². The summed E-state index contributed by atoms with van der Waals surface area (Å²) in [6.45, 7) is 2.23. The Balaban J connectivity index is 2.28. The second-order valence-corrected chi connectivity index (χ2v) is 6.34. The molecule has 106 valence electrons. The smallest absolute Gasteiger partial charge is 0.147 e. The van der Waals surface area contributed by atoms with Gasteiger partial charge in [0.1, 0.15) is 11.2 Å². The van der Waals surface area contributed by atoms with Crippen LogP contribution in [0.4, 0.5) is 0 Å². The molecule has 0 spiro atoms. The topological polar surface area (TPSA) is 36.7 Å². The average Bonchev–Trinajstić information content (AvgIpc) is 2.47. The summed E-state index contributed by atoms with van der Waals surface area (Å²) in [6.07, 6.45) is 2.97. The standard InChI is InChI=1S/C17H14Cl2N2/c1-10-2-7-15-13(8-10)16(14(9-20)17(19)21-15)11-3-5-12(18)6-4-11/h3-6,10H,2,7-8H2,1H3. The molecule has 2 aromatic rings. The molecule has 0 saturated carbocycles. The second-order valence-electron chi connectivity index (χ2n) is 5.54. The molecule has 1 aromatic heterocycles. The van der Waals surface area contributed by atoms with Gasteiger partial charge in [0, 0.05) is 16.3 Å². The molecule has 4 heteroatoms. The maximum Gasteiger partial charge on any atom is 0.147 e. The van der Waals surface area contributed by atoms with Gasteiger partial charge in [-0.25, -0.2) is 4.98 Å². The predicted octanol–water partition coefficient (Wildman–Crippen LogP) is 5.05. The summed E-state index contributed by atoms with van der Waals surface area (Å²) in [4.78, 5) is 4.44. The molecule has 21 heavy (non-hydrogen) atoms. The largest absolute Gasteiger partial charge is 0.239 e. The van der Waals surface area contributed by atoms with Gasteiger partial charge in [-0.1, -0.05) is 42.3 Å². The molecule has 2 nitrogen and oxygen atoms in total. The number of nitriles is 1. The van der Waals surface area contributed by atoms with Crippen molar-refractivity contribution < 1.29 is 0 Å². The van der Waals surface area contributed by atoms with Crippen LogP contribution in [0.25, 0.3) is 11.1 Å². The van der Waals surface area contributed by atoms with Crippen molar-refractivity contribution in [1.82, 2.24) is 4.98 Å². The molecule has 1 aliphatic carbocycles. The molecule has 0 bridgehead atoms. The van der Waals surface area contributed by atoms with E-state index in [4.69, 9.17) is 23.2 Å². The van der Waals surface area contributed by atoms with Crippen LogP contribution in [0.3, 0.4) is 0 Å². The Morgan fingerprint density at radius 3 is 2.62 bits per heavy atom. The first-order chi connectivity index (χ1) is 10.1. The maximum atomic E-state index is 9.48. The lowest BCUT2D eigenvalue weighted by molar-refractivity contribution is 0.495. The number of nitrogens with zero attached hydrogens (tertiary/aromatic N) is 2. The Hall–Kier alpha value is -1.56. The third-order valence-corrected chi connectivity index (χ3v) is 4.54. The van der Waals surface area contributed by atoms with Crippen LogP contribution in [0.1, 0.15) is 30.2 Å².